The van der Waals surface area contributed by atoms with Crippen LogP contribution in [0.5, 0.6) is 0 Å². The highest BCUT2D eigenvalue weighted by atomic mass is 32.2. The number of alkyl halides is 2. The van der Waals surface area contributed by atoms with Crippen LogP contribution in [0.4, 0.5) is 8.78 Å². The summed E-state index contributed by atoms with van der Waals surface area (Å²) in [6.07, 6.45) is -3.07. The molecule has 0 unspecified atom stereocenters. The van der Waals surface area contributed by atoms with Gasteiger partial charge < -0.3 is 4.98 Å². The molecule has 0 aliphatic rings. The molecular weight excluding hydrogens is 230 g/mol. The van der Waals surface area contributed by atoms with Crippen LogP contribution in [0.2, 0.25) is 0 Å². The van der Waals surface area contributed by atoms with Crippen molar-refractivity contribution in [2.75, 3.05) is 0 Å². The minimum absolute atomic E-state index is 0.194. The molecule has 1 rings (SSSR count). The van der Waals surface area contributed by atoms with Crippen molar-refractivity contribution in [1.29, 1.82) is 0 Å². The molecule has 1 aromatic rings. The first kappa shape index (κ1) is 11.8. The molecule has 0 aliphatic carbocycles. The molecule has 0 amide bonds. The Morgan fingerprint density at radius 1 is 1.47 bits per heavy atom. The third-order valence-electron chi connectivity index (χ3n) is 1.72. The number of hydrogen-bond donors (Lipinski definition) is 2. The topological polar surface area (TPSA) is 93.0 Å². The molecule has 0 saturated heterocycles. The zero-order valence-electron chi connectivity index (χ0n) is 7.62. The van der Waals surface area contributed by atoms with E-state index >= 15 is 0 Å². The number of nitrogens with two attached hydrogens (primary N) is 1. The number of pyridine rings is 1. The third kappa shape index (κ3) is 2.39. The van der Waals surface area contributed by atoms with Crippen molar-refractivity contribution in [1.82, 2.24) is 4.98 Å². The molecule has 0 saturated carbocycles. The summed E-state index contributed by atoms with van der Waals surface area (Å²) < 4.78 is 46.9. The summed E-state index contributed by atoms with van der Waals surface area (Å²) in [4.78, 5) is 12.2. The largest absolute Gasteiger partial charge is 0.325 e. The zero-order chi connectivity index (χ0) is 11.8. The van der Waals surface area contributed by atoms with Gasteiger partial charge in [0, 0.05) is 17.3 Å². The predicted octanol–water partition coefficient (Wildman–Crippen LogP) is 0.268. The molecule has 0 aliphatic heterocycles. The van der Waals surface area contributed by atoms with Crippen molar-refractivity contribution in [3.8, 4) is 0 Å². The van der Waals surface area contributed by atoms with Crippen LogP contribution in [-0.2, 0) is 10.0 Å². The van der Waals surface area contributed by atoms with Crippen molar-refractivity contribution in [3.05, 3.63) is 27.7 Å². The van der Waals surface area contributed by atoms with Gasteiger partial charge in [-0.3, -0.25) is 4.79 Å². The summed E-state index contributed by atoms with van der Waals surface area (Å²) in [5, 5.41) is 4.76. The molecule has 0 radical (unpaired) electrons. The second-order valence-corrected chi connectivity index (χ2v) is 4.39. The standard InChI is InChI=1S/C7H8F2N2O3S/c1-3-6(15(10,13)14)4(7(8)9)2-5(12)11-3/h2,7H,1H3,(H,11,12)(H2,10,13,14). The number of hydrogen-bond acceptors (Lipinski definition) is 3. The first-order valence-corrected chi connectivity index (χ1v) is 5.33. The van der Waals surface area contributed by atoms with Gasteiger partial charge in [-0.05, 0) is 6.92 Å². The number of aryl methyl sites for hydroxylation is 1. The van der Waals surface area contributed by atoms with Gasteiger partial charge in [-0.25, -0.2) is 22.3 Å². The fourth-order valence-electron chi connectivity index (χ4n) is 1.24. The van der Waals surface area contributed by atoms with Gasteiger partial charge in [0.15, 0.2) is 0 Å². The Labute approximate surface area is 84.0 Å². The van der Waals surface area contributed by atoms with E-state index in [2.05, 4.69) is 4.98 Å². The first-order valence-electron chi connectivity index (χ1n) is 3.78. The Morgan fingerprint density at radius 3 is 2.40 bits per heavy atom. The number of aromatic amines is 1. The van der Waals surface area contributed by atoms with E-state index in [-0.39, 0.29) is 5.69 Å². The van der Waals surface area contributed by atoms with Gasteiger partial charge in [-0.15, -0.1) is 0 Å². The molecule has 0 aromatic carbocycles. The summed E-state index contributed by atoms with van der Waals surface area (Å²) in [5.74, 6) is 0. The maximum absolute atomic E-state index is 12.4. The molecule has 15 heavy (non-hydrogen) atoms. The highest BCUT2D eigenvalue weighted by Crippen LogP contribution is 2.25. The minimum Gasteiger partial charge on any atom is -0.325 e. The van der Waals surface area contributed by atoms with Crippen molar-refractivity contribution in [3.63, 3.8) is 0 Å². The molecule has 0 fully saturated rings. The van der Waals surface area contributed by atoms with Gasteiger partial charge in [-0.1, -0.05) is 0 Å². The molecule has 3 N–H and O–H groups in total. The molecule has 0 atom stereocenters. The molecule has 84 valence electrons. The van der Waals surface area contributed by atoms with E-state index in [0.29, 0.717) is 6.07 Å². The van der Waals surface area contributed by atoms with Crippen LogP contribution in [0.25, 0.3) is 0 Å². The predicted molar refractivity (Wildman–Crippen MR) is 48.1 cm³/mol. The number of primary sulfonamides is 1. The van der Waals surface area contributed by atoms with Crippen LogP contribution >= 0.6 is 0 Å². The van der Waals surface area contributed by atoms with Crippen LogP contribution in [0.1, 0.15) is 17.7 Å². The fourth-order valence-corrected chi connectivity index (χ4v) is 2.20. The number of sulfonamides is 1. The van der Waals surface area contributed by atoms with Crippen LogP contribution in [-0.4, -0.2) is 13.4 Å². The number of nitrogens with one attached hydrogen (secondary N) is 1. The molecular formula is C7H8F2N2O3S. The molecule has 8 heteroatoms. The van der Waals surface area contributed by atoms with Gasteiger partial charge in [0.25, 0.3) is 6.43 Å². The van der Waals surface area contributed by atoms with Gasteiger partial charge in [-0.2, -0.15) is 0 Å². The zero-order valence-corrected chi connectivity index (χ0v) is 8.44. The van der Waals surface area contributed by atoms with Gasteiger partial charge in [0.1, 0.15) is 4.90 Å². The summed E-state index contributed by atoms with van der Waals surface area (Å²) in [7, 11) is -4.28. The Kier molecular flexibility index (Phi) is 2.91. The van der Waals surface area contributed by atoms with Crippen molar-refractivity contribution >= 4 is 10.0 Å². The van der Waals surface area contributed by atoms with E-state index in [1.54, 1.807) is 0 Å². The maximum atomic E-state index is 12.4. The minimum atomic E-state index is -4.28. The molecule has 0 spiro atoms. The Balaban J connectivity index is 3.70. The Hall–Kier alpha value is -1.28. The number of rotatable bonds is 2. The highest BCUT2D eigenvalue weighted by Gasteiger charge is 2.23. The first-order chi connectivity index (χ1) is 6.73. The SMILES string of the molecule is Cc1[nH]c(=O)cc(C(F)F)c1S(N)(=O)=O. The number of H-pyrrole nitrogens is 1. The lowest BCUT2D eigenvalue weighted by atomic mass is 10.2. The lowest BCUT2D eigenvalue weighted by Gasteiger charge is -2.08. The maximum Gasteiger partial charge on any atom is 0.265 e. The summed E-state index contributed by atoms with van der Waals surface area (Å²) in [6, 6.07) is 0.525. The lowest BCUT2D eigenvalue weighted by Crippen LogP contribution is -2.21. The van der Waals surface area contributed by atoms with E-state index in [1.807, 2.05) is 0 Å². The van der Waals surface area contributed by atoms with E-state index in [9.17, 15) is 22.0 Å². The van der Waals surface area contributed by atoms with Crippen LogP contribution < -0.4 is 10.7 Å². The third-order valence-corrected chi connectivity index (χ3v) is 2.83. The van der Waals surface area contributed by atoms with E-state index in [4.69, 9.17) is 5.14 Å². The molecule has 1 aromatic heterocycles. The van der Waals surface area contributed by atoms with Gasteiger partial charge in [0.05, 0.1) is 0 Å². The fraction of sp³-hybridized carbons (Fsp3) is 0.286. The average molecular weight is 238 g/mol. The van der Waals surface area contributed by atoms with Crippen LogP contribution in [0, 0.1) is 6.92 Å². The van der Waals surface area contributed by atoms with E-state index in [0.717, 1.165) is 0 Å². The van der Waals surface area contributed by atoms with Crippen LogP contribution in [0.15, 0.2) is 15.8 Å². The number of aromatic nitrogens is 1. The monoisotopic (exact) mass is 238 g/mol. The molecule has 5 nitrogen and oxygen atoms in total. The average Bonchev–Trinajstić information content (AvgIpc) is 1.99. The van der Waals surface area contributed by atoms with Gasteiger partial charge >= 0.3 is 0 Å². The summed E-state index contributed by atoms with van der Waals surface area (Å²) >= 11 is 0. The second kappa shape index (κ2) is 3.70. The number of halogens is 2. The molecule has 1 heterocycles. The normalized spacial score (nSPS) is 12.1. The smallest absolute Gasteiger partial charge is 0.265 e. The van der Waals surface area contributed by atoms with Crippen molar-refractivity contribution < 1.29 is 17.2 Å². The van der Waals surface area contributed by atoms with E-state index < -0.39 is 32.5 Å². The van der Waals surface area contributed by atoms with Crippen LogP contribution in [0.3, 0.4) is 0 Å². The highest BCUT2D eigenvalue weighted by molar-refractivity contribution is 7.89. The van der Waals surface area contributed by atoms with Crippen molar-refractivity contribution in [2.24, 2.45) is 5.14 Å². The summed E-state index contributed by atoms with van der Waals surface area (Å²) in [5.41, 5.74) is -1.87. The van der Waals surface area contributed by atoms with E-state index in [1.165, 1.54) is 6.92 Å². The second-order valence-electron chi connectivity index (χ2n) is 2.89. The molecule has 0 bridgehead atoms. The quantitative estimate of drug-likeness (QED) is 0.774. The summed E-state index contributed by atoms with van der Waals surface area (Å²) in [6.45, 7) is 1.19. The van der Waals surface area contributed by atoms with Gasteiger partial charge in [0.2, 0.25) is 15.6 Å². The Morgan fingerprint density at radius 2 is 2.00 bits per heavy atom. The van der Waals surface area contributed by atoms with Crippen molar-refractivity contribution in [2.45, 2.75) is 18.2 Å². The Bertz CT molecular complexity index is 536. The lowest BCUT2D eigenvalue weighted by molar-refractivity contribution is 0.147.